The van der Waals surface area contributed by atoms with E-state index in [0.717, 1.165) is 22.3 Å². The van der Waals surface area contributed by atoms with Crippen molar-refractivity contribution in [2.45, 2.75) is 13.8 Å². The fourth-order valence-electron chi connectivity index (χ4n) is 2.03. The molecule has 92 valence electrons. The molecule has 0 atom stereocenters. The van der Waals surface area contributed by atoms with Crippen LogP contribution in [0.2, 0.25) is 0 Å². The van der Waals surface area contributed by atoms with Crippen LogP contribution in [0.3, 0.4) is 0 Å². The third kappa shape index (κ3) is 2.78. The zero-order valence-electron chi connectivity index (χ0n) is 11.2. The summed E-state index contributed by atoms with van der Waals surface area (Å²) in [5.41, 5.74) is 5.76. The molecule has 0 spiro atoms. The van der Waals surface area contributed by atoms with Crippen molar-refractivity contribution in [3.8, 4) is 0 Å². The summed E-state index contributed by atoms with van der Waals surface area (Å²) < 4.78 is 0. The molecule has 0 amide bonds. The normalized spacial score (nSPS) is 11.6. The first-order chi connectivity index (χ1) is 8.69. The van der Waals surface area contributed by atoms with Gasteiger partial charge in [-0.25, -0.2) is 0 Å². The van der Waals surface area contributed by atoms with Gasteiger partial charge in [-0.2, -0.15) is 0 Å². The maximum atomic E-state index is 3.92. The predicted octanol–water partition coefficient (Wildman–Crippen LogP) is 5.43. The van der Waals surface area contributed by atoms with E-state index in [1.165, 1.54) is 5.56 Å². The van der Waals surface area contributed by atoms with Gasteiger partial charge in [0.2, 0.25) is 0 Å². The Bertz CT molecular complexity index is 525. The number of aryl methyl sites for hydroxylation is 1. The number of benzene rings is 1. The highest BCUT2D eigenvalue weighted by atomic mass is 14.1. The molecule has 0 unspecified atom stereocenters. The number of rotatable bonds is 5. The molecule has 0 nitrogen and oxygen atoms in total. The largest absolute Gasteiger partial charge is 0.0990 e. The Morgan fingerprint density at radius 1 is 1.06 bits per heavy atom. The molecule has 0 saturated carbocycles. The summed E-state index contributed by atoms with van der Waals surface area (Å²) in [6.07, 6.45) is 11.7. The Kier molecular flexibility index (Phi) is 5.13. The van der Waals surface area contributed by atoms with Crippen molar-refractivity contribution < 1.29 is 0 Å². The average molecular weight is 236 g/mol. The molecule has 0 N–H and O–H groups in total. The molecule has 1 aromatic carbocycles. The van der Waals surface area contributed by atoms with Crippen LogP contribution in [0.5, 0.6) is 0 Å². The van der Waals surface area contributed by atoms with Crippen molar-refractivity contribution in [2.24, 2.45) is 0 Å². The highest BCUT2D eigenvalue weighted by molar-refractivity contribution is 5.84. The molecule has 0 aliphatic heterocycles. The Labute approximate surface area is 110 Å². The second kappa shape index (κ2) is 6.61. The van der Waals surface area contributed by atoms with E-state index in [-0.39, 0.29) is 0 Å². The third-order valence-electron chi connectivity index (χ3n) is 2.87. The molecule has 1 rings (SSSR count). The van der Waals surface area contributed by atoms with E-state index in [0.29, 0.717) is 0 Å². The topological polar surface area (TPSA) is 0 Å². The van der Waals surface area contributed by atoms with Crippen molar-refractivity contribution >= 4 is 17.7 Å². The first-order valence-electron chi connectivity index (χ1n) is 6.03. The summed E-state index contributed by atoms with van der Waals surface area (Å²) in [5, 5.41) is 0. The van der Waals surface area contributed by atoms with Gasteiger partial charge >= 0.3 is 0 Å². The summed E-state index contributed by atoms with van der Waals surface area (Å²) in [5.74, 6) is 0. The maximum Gasteiger partial charge on any atom is -0.0106 e. The lowest BCUT2D eigenvalue weighted by Gasteiger charge is -2.13. The molecule has 1 aromatic rings. The van der Waals surface area contributed by atoms with E-state index >= 15 is 0 Å². The molecular formula is C18H20. The van der Waals surface area contributed by atoms with Crippen LogP contribution < -0.4 is 0 Å². The highest BCUT2D eigenvalue weighted by Crippen LogP contribution is 2.28. The summed E-state index contributed by atoms with van der Waals surface area (Å²) in [7, 11) is 0. The van der Waals surface area contributed by atoms with Crippen LogP contribution in [0.25, 0.3) is 17.7 Å². The van der Waals surface area contributed by atoms with Gasteiger partial charge in [-0.1, -0.05) is 68.3 Å². The molecule has 0 saturated heterocycles. The van der Waals surface area contributed by atoms with Gasteiger partial charge in [-0.05, 0) is 41.7 Å². The second-order valence-electron chi connectivity index (χ2n) is 4.02. The van der Waals surface area contributed by atoms with Gasteiger partial charge in [0.1, 0.15) is 0 Å². The summed E-state index contributed by atoms with van der Waals surface area (Å²) in [6.45, 7) is 15.7. The molecule has 18 heavy (non-hydrogen) atoms. The lowest BCUT2D eigenvalue weighted by molar-refractivity contribution is 1.41. The van der Waals surface area contributed by atoms with Gasteiger partial charge < -0.3 is 0 Å². The van der Waals surface area contributed by atoms with E-state index < -0.39 is 0 Å². The minimum absolute atomic E-state index is 1.12. The van der Waals surface area contributed by atoms with Crippen LogP contribution in [0, 0.1) is 6.92 Å². The highest BCUT2D eigenvalue weighted by Gasteiger charge is 2.08. The van der Waals surface area contributed by atoms with Gasteiger partial charge in [-0.3, -0.25) is 0 Å². The zero-order chi connectivity index (χ0) is 13.5. The molecule has 0 aliphatic rings. The fourth-order valence-corrected chi connectivity index (χ4v) is 2.03. The van der Waals surface area contributed by atoms with Crippen LogP contribution in [0.1, 0.15) is 29.2 Å². The molecule has 0 heteroatoms. The van der Waals surface area contributed by atoms with E-state index in [1.807, 2.05) is 31.2 Å². The minimum Gasteiger partial charge on any atom is -0.0990 e. The standard InChI is InChI=1S/C18H20/c1-6-10-15(11-7-2)18-13-12-14(5)16(8-3)17(18)9-4/h6-13H,1,3-4H2,2,5H3/b11-7-,15-10+. The second-order valence-corrected chi connectivity index (χ2v) is 4.02. The molecule has 0 aliphatic carbocycles. The molecule has 0 fully saturated rings. The SMILES string of the molecule is C=C/C=C(\C=C/C)c1ccc(C)c(C=C)c1C=C. The minimum atomic E-state index is 1.12. The summed E-state index contributed by atoms with van der Waals surface area (Å²) in [6, 6.07) is 4.23. The van der Waals surface area contributed by atoms with Gasteiger partial charge in [0.15, 0.2) is 0 Å². The van der Waals surface area contributed by atoms with E-state index in [1.54, 1.807) is 6.08 Å². The van der Waals surface area contributed by atoms with E-state index in [4.69, 9.17) is 0 Å². The van der Waals surface area contributed by atoms with Crippen molar-refractivity contribution in [1.82, 2.24) is 0 Å². The van der Waals surface area contributed by atoms with Crippen molar-refractivity contribution in [2.75, 3.05) is 0 Å². The molecule has 0 bridgehead atoms. The quantitative estimate of drug-likeness (QED) is 0.598. The van der Waals surface area contributed by atoms with Crippen LogP contribution in [-0.2, 0) is 0 Å². The van der Waals surface area contributed by atoms with Crippen LogP contribution in [0.15, 0.2) is 56.2 Å². The smallest absolute Gasteiger partial charge is 0.0106 e. The predicted molar refractivity (Wildman–Crippen MR) is 84.3 cm³/mol. The monoisotopic (exact) mass is 236 g/mol. The van der Waals surface area contributed by atoms with Gasteiger partial charge in [0, 0.05) is 0 Å². The van der Waals surface area contributed by atoms with E-state index in [9.17, 15) is 0 Å². The third-order valence-corrected chi connectivity index (χ3v) is 2.87. The molecule has 0 aromatic heterocycles. The first kappa shape index (κ1) is 14.0. The van der Waals surface area contributed by atoms with Crippen molar-refractivity contribution in [3.05, 3.63) is 78.4 Å². The maximum absolute atomic E-state index is 3.92. The summed E-state index contributed by atoms with van der Waals surface area (Å²) in [4.78, 5) is 0. The van der Waals surface area contributed by atoms with Crippen LogP contribution in [-0.4, -0.2) is 0 Å². The molecule has 0 radical (unpaired) electrons. The first-order valence-corrected chi connectivity index (χ1v) is 6.03. The average Bonchev–Trinajstić information content (AvgIpc) is 2.38. The van der Waals surface area contributed by atoms with Crippen molar-refractivity contribution in [3.63, 3.8) is 0 Å². The van der Waals surface area contributed by atoms with E-state index in [2.05, 4.69) is 44.9 Å². The van der Waals surface area contributed by atoms with Crippen LogP contribution in [0.4, 0.5) is 0 Å². The lowest BCUT2D eigenvalue weighted by Crippen LogP contribution is -1.93. The Morgan fingerprint density at radius 2 is 1.72 bits per heavy atom. The number of allylic oxidation sites excluding steroid dienone is 5. The van der Waals surface area contributed by atoms with Gasteiger partial charge in [0.25, 0.3) is 0 Å². The molecular weight excluding hydrogens is 216 g/mol. The Morgan fingerprint density at radius 3 is 2.22 bits per heavy atom. The van der Waals surface area contributed by atoms with Crippen LogP contribution >= 0.6 is 0 Å². The van der Waals surface area contributed by atoms with Gasteiger partial charge in [-0.15, -0.1) is 0 Å². The Balaban J connectivity index is 3.58. The lowest BCUT2D eigenvalue weighted by atomic mass is 9.91. The Hall–Kier alpha value is -2.08. The van der Waals surface area contributed by atoms with Gasteiger partial charge in [0.05, 0.1) is 0 Å². The fraction of sp³-hybridized carbons (Fsp3) is 0.111. The number of hydrogen-bond donors (Lipinski definition) is 0. The summed E-state index contributed by atoms with van der Waals surface area (Å²) >= 11 is 0. The number of hydrogen-bond acceptors (Lipinski definition) is 0. The molecule has 0 heterocycles. The van der Waals surface area contributed by atoms with Crippen molar-refractivity contribution in [1.29, 1.82) is 0 Å². The zero-order valence-corrected chi connectivity index (χ0v) is 11.2.